The van der Waals surface area contributed by atoms with Crippen molar-refractivity contribution in [2.45, 2.75) is 19.3 Å². The SMILES string of the molecule is COc1cc2c(cc1OC)C(=O)C(C(C=S)C1CCN(Nc3ccccc3)CC1)C2. The summed E-state index contributed by atoms with van der Waals surface area (Å²) >= 11 is 5.43. The number of ether oxygens (including phenoxy) is 2. The summed E-state index contributed by atoms with van der Waals surface area (Å²) in [7, 11) is 3.22. The molecule has 30 heavy (non-hydrogen) atoms. The Morgan fingerprint density at radius 2 is 1.77 bits per heavy atom. The van der Waals surface area contributed by atoms with Crippen LogP contribution in [0.25, 0.3) is 0 Å². The molecule has 1 N–H and O–H groups in total. The van der Waals surface area contributed by atoms with Gasteiger partial charge >= 0.3 is 0 Å². The first-order chi connectivity index (χ1) is 14.6. The van der Waals surface area contributed by atoms with Gasteiger partial charge in [0.25, 0.3) is 0 Å². The fourth-order valence-electron chi connectivity index (χ4n) is 4.79. The molecule has 0 saturated carbocycles. The van der Waals surface area contributed by atoms with Gasteiger partial charge < -0.3 is 14.9 Å². The van der Waals surface area contributed by atoms with E-state index in [4.69, 9.17) is 21.7 Å². The van der Waals surface area contributed by atoms with Gasteiger partial charge in [0.2, 0.25) is 0 Å². The van der Waals surface area contributed by atoms with Gasteiger partial charge in [-0.05, 0) is 60.4 Å². The van der Waals surface area contributed by atoms with E-state index in [0.29, 0.717) is 17.4 Å². The van der Waals surface area contributed by atoms with Gasteiger partial charge in [-0.15, -0.1) is 0 Å². The normalized spacial score (nSPS) is 20.5. The van der Waals surface area contributed by atoms with E-state index in [2.05, 4.69) is 22.6 Å². The lowest BCUT2D eigenvalue weighted by Gasteiger charge is -2.36. The second-order valence-corrected chi connectivity index (χ2v) is 8.33. The van der Waals surface area contributed by atoms with Crippen LogP contribution in [0.1, 0.15) is 28.8 Å². The maximum Gasteiger partial charge on any atom is 0.167 e. The number of rotatable bonds is 7. The number of hydrogen-bond donors (Lipinski definition) is 1. The number of fused-ring (bicyclic) bond motifs is 1. The first kappa shape index (κ1) is 20.8. The molecule has 1 aliphatic heterocycles. The molecular weight excluding hydrogens is 396 g/mol. The van der Waals surface area contributed by atoms with Gasteiger partial charge in [0, 0.05) is 36.2 Å². The van der Waals surface area contributed by atoms with Crippen molar-refractivity contribution in [1.82, 2.24) is 5.01 Å². The van der Waals surface area contributed by atoms with Gasteiger partial charge in [-0.3, -0.25) is 4.79 Å². The van der Waals surface area contributed by atoms with Crippen molar-refractivity contribution in [2.24, 2.45) is 17.8 Å². The minimum absolute atomic E-state index is 0.0899. The first-order valence-corrected chi connectivity index (χ1v) is 10.9. The summed E-state index contributed by atoms with van der Waals surface area (Å²) in [5.41, 5.74) is 6.37. The molecule has 6 heteroatoms. The minimum atomic E-state index is -0.0899. The fourth-order valence-corrected chi connectivity index (χ4v) is 5.20. The summed E-state index contributed by atoms with van der Waals surface area (Å²) in [5.74, 6) is 1.89. The van der Waals surface area contributed by atoms with Crippen LogP contribution in [0.5, 0.6) is 11.5 Å². The van der Waals surface area contributed by atoms with E-state index in [9.17, 15) is 4.79 Å². The molecule has 2 atom stereocenters. The van der Waals surface area contributed by atoms with Crippen molar-refractivity contribution in [3.05, 3.63) is 53.6 Å². The molecule has 2 aromatic carbocycles. The molecule has 1 fully saturated rings. The Kier molecular flexibility index (Phi) is 6.35. The lowest BCUT2D eigenvalue weighted by atomic mass is 9.76. The van der Waals surface area contributed by atoms with E-state index < -0.39 is 0 Å². The van der Waals surface area contributed by atoms with Crippen molar-refractivity contribution < 1.29 is 14.3 Å². The van der Waals surface area contributed by atoms with Crippen LogP contribution >= 0.6 is 12.2 Å². The molecule has 0 amide bonds. The Hall–Kier alpha value is -2.44. The van der Waals surface area contributed by atoms with E-state index >= 15 is 0 Å². The Labute approximate surface area is 183 Å². The van der Waals surface area contributed by atoms with Crippen LogP contribution in [0, 0.1) is 17.8 Å². The zero-order chi connectivity index (χ0) is 21.1. The molecule has 5 nitrogen and oxygen atoms in total. The number of nitrogens with zero attached hydrogens (tertiary/aromatic N) is 1. The number of anilines is 1. The predicted molar refractivity (Wildman–Crippen MR) is 123 cm³/mol. The van der Waals surface area contributed by atoms with E-state index in [0.717, 1.165) is 49.2 Å². The van der Waals surface area contributed by atoms with Crippen molar-refractivity contribution in [3.63, 3.8) is 0 Å². The second kappa shape index (κ2) is 9.14. The van der Waals surface area contributed by atoms with Crippen LogP contribution in [0.4, 0.5) is 5.69 Å². The van der Waals surface area contributed by atoms with Crippen LogP contribution in [-0.4, -0.2) is 43.5 Å². The number of ketones is 1. The Morgan fingerprint density at radius 3 is 2.40 bits per heavy atom. The Bertz CT molecular complexity index is 910. The molecule has 4 rings (SSSR count). The number of para-hydroxylation sites is 1. The molecule has 1 saturated heterocycles. The molecule has 2 aromatic rings. The maximum absolute atomic E-state index is 13.2. The molecule has 0 aromatic heterocycles. The molecule has 0 spiro atoms. The average Bonchev–Trinajstić information content (AvgIpc) is 3.10. The van der Waals surface area contributed by atoms with E-state index in [1.165, 1.54) is 0 Å². The molecule has 1 heterocycles. The number of piperidine rings is 1. The van der Waals surface area contributed by atoms with E-state index in [-0.39, 0.29) is 17.6 Å². The first-order valence-electron chi connectivity index (χ1n) is 10.5. The average molecular weight is 425 g/mol. The van der Waals surface area contributed by atoms with Gasteiger partial charge in [-0.1, -0.05) is 30.4 Å². The fraction of sp³-hybridized carbons (Fsp3) is 0.417. The maximum atomic E-state index is 13.2. The van der Waals surface area contributed by atoms with Crippen LogP contribution < -0.4 is 14.9 Å². The number of carbonyl (C=O) groups excluding carboxylic acids is 1. The minimum Gasteiger partial charge on any atom is -0.493 e. The zero-order valence-corrected chi connectivity index (χ0v) is 18.3. The molecule has 0 radical (unpaired) electrons. The third kappa shape index (κ3) is 4.07. The van der Waals surface area contributed by atoms with Crippen molar-refractivity contribution in [2.75, 3.05) is 32.7 Å². The predicted octanol–water partition coefficient (Wildman–Crippen LogP) is 4.41. The summed E-state index contributed by atoms with van der Waals surface area (Å²) in [6.07, 6.45) is 2.75. The van der Waals surface area contributed by atoms with Gasteiger partial charge in [-0.2, -0.15) is 0 Å². The number of nitrogens with one attached hydrogen (secondary N) is 1. The summed E-state index contributed by atoms with van der Waals surface area (Å²) in [5, 5.41) is 4.10. The topological polar surface area (TPSA) is 50.8 Å². The lowest BCUT2D eigenvalue weighted by Crippen LogP contribution is -2.41. The van der Waals surface area contributed by atoms with Crippen molar-refractivity contribution in [3.8, 4) is 11.5 Å². The number of methoxy groups -OCH3 is 2. The van der Waals surface area contributed by atoms with E-state index in [1.807, 2.05) is 35.7 Å². The monoisotopic (exact) mass is 424 g/mol. The highest BCUT2D eigenvalue weighted by atomic mass is 32.1. The summed E-state index contributed by atoms with van der Waals surface area (Å²) in [4.78, 5) is 13.2. The van der Waals surface area contributed by atoms with Crippen LogP contribution in [0.15, 0.2) is 42.5 Å². The number of hydrogen-bond acceptors (Lipinski definition) is 6. The van der Waals surface area contributed by atoms with Gasteiger partial charge in [0.05, 0.1) is 14.2 Å². The second-order valence-electron chi connectivity index (χ2n) is 8.05. The molecule has 2 aliphatic rings. The summed E-state index contributed by atoms with van der Waals surface area (Å²) < 4.78 is 10.8. The molecular formula is C24H28N2O3S. The van der Waals surface area contributed by atoms with Gasteiger partial charge in [-0.25, -0.2) is 5.01 Å². The molecule has 158 valence electrons. The number of thiocarbonyl (C=S) groups is 1. The lowest BCUT2D eigenvalue weighted by molar-refractivity contribution is 0.0867. The molecule has 1 aliphatic carbocycles. The van der Waals surface area contributed by atoms with E-state index in [1.54, 1.807) is 14.2 Å². The highest BCUT2D eigenvalue weighted by Gasteiger charge is 2.40. The van der Waals surface area contributed by atoms with Crippen LogP contribution in [-0.2, 0) is 6.42 Å². The molecule has 0 bridgehead atoms. The third-order valence-electron chi connectivity index (χ3n) is 6.42. The van der Waals surface area contributed by atoms with Crippen LogP contribution in [0.2, 0.25) is 0 Å². The van der Waals surface area contributed by atoms with Gasteiger partial charge in [0.1, 0.15) is 0 Å². The largest absolute Gasteiger partial charge is 0.493 e. The smallest absolute Gasteiger partial charge is 0.167 e. The number of hydrazine groups is 1. The molecule has 2 unspecified atom stereocenters. The number of benzene rings is 2. The zero-order valence-electron chi connectivity index (χ0n) is 17.5. The standard InChI is InChI=1S/C24H28N2O3S/c1-28-22-13-17-12-20(24(27)19(17)14-23(22)29-2)21(15-30)16-8-10-26(11-9-16)25-18-6-4-3-5-7-18/h3-7,13-16,20-21,25H,8-12H2,1-2H3. The number of Topliss-reactive ketones (excluding diaryl/α,β-unsaturated/α-hetero) is 1. The highest BCUT2D eigenvalue weighted by Crippen LogP contribution is 2.41. The summed E-state index contributed by atoms with van der Waals surface area (Å²) in [6, 6.07) is 14.0. The summed E-state index contributed by atoms with van der Waals surface area (Å²) in [6.45, 7) is 1.88. The third-order valence-corrected chi connectivity index (χ3v) is 6.73. The van der Waals surface area contributed by atoms with Crippen molar-refractivity contribution >= 4 is 29.1 Å². The Balaban J connectivity index is 1.43. The number of carbonyl (C=O) groups is 1. The van der Waals surface area contributed by atoms with Crippen LogP contribution in [0.3, 0.4) is 0 Å². The van der Waals surface area contributed by atoms with Crippen molar-refractivity contribution in [1.29, 1.82) is 0 Å². The highest BCUT2D eigenvalue weighted by molar-refractivity contribution is 7.79. The van der Waals surface area contributed by atoms with Gasteiger partial charge in [0.15, 0.2) is 17.3 Å². The quantitative estimate of drug-likeness (QED) is 0.665. The Morgan fingerprint density at radius 1 is 1.10 bits per heavy atom.